The molecule has 1 aromatic rings. The standard InChI is InChI=1S/C15H21F3N2O3/c1-14(2,19)7-6-10-4-5-11(9-20(3)13(21)22)12(8-10)23-15(16,17)18/h4-5,8H,6-7,9,19H2,1-3H3,(H,21,22). The van der Waals surface area contributed by atoms with Gasteiger partial charge in [-0.2, -0.15) is 0 Å². The van der Waals surface area contributed by atoms with E-state index in [1.807, 2.05) is 13.8 Å². The van der Waals surface area contributed by atoms with E-state index in [4.69, 9.17) is 10.8 Å². The number of carbonyl (C=O) groups is 1. The fraction of sp³-hybridized carbons (Fsp3) is 0.533. The average molecular weight is 334 g/mol. The molecule has 130 valence electrons. The largest absolute Gasteiger partial charge is 0.573 e. The maximum absolute atomic E-state index is 12.6. The number of hydrogen-bond donors (Lipinski definition) is 2. The van der Waals surface area contributed by atoms with Gasteiger partial charge in [-0.3, -0.25) is 0 Å². The molecule has 0 aliphatic carbocycles. The molecule has 1 aromatic carbocycles. The summed E-state index contributed by atoms with van der Waals surface area (Å²) in [7, 11) is 1.27. The SMILES string of the molecule is CN(Cc1ccc(CCC(C)(C)N)cc1OC(F)(F)F)C(=O)O. The maximum Gasteiger partial charge on any atom is 0.573 e. The third-order valence-corrected chi connectivity index (χ3v) is 3.15. The van der Waals surface area contributed by atoms with Crippen LogP contribution in [0.4, 0.5) is 18.0 Å². The number of carboxylic acid groups (broad SMARTS) is 1. The van der Waals surface area contributed by atoms with Crippen molar-refractivity contribution in [2.45, 2.75) is 45.1 Å². The van der Waals surface area contributed by atoms with Gasteiger partial charge in [0.25, 0.3) is 0 Å². The van der Waals surface area contributed by atoms with Gasteiger partial charge in [-0.15, -0.1) is 13.2 Å². The number of aryl methyl sites for hydroxylation is 1. The molecule has 0 saturated heterocycles. The van der Waals surface area contributed by atoms with Crippen LogP contribution in [0.25, 0.3) is 0 Å². The second-order valence-corrected chi connectivity index (χ2v) is 6.12. The smallest absolute Gasteiger partial charge is 0.465 e. The van der Waals surface area contributed by atoms with Crippen LogP contribution in [0.3, 0.4) is 0 Å². The van der Waals surface area contributed by atoms with Gasteiger partial charge in [0.2, 0.25) is 0 Å². The third kappa shape index (κ3) is 7.23. The molecule has 0 atom stereocenters. The van der Waals surface area contributed by atoms with E-state index in [2.05, 4.69) is 4.74 Å². The number of hydrogen-bond acceptors (Lipinski definition) is 3. The van der Waals surface area contributed by atoms with Crippen LogP contribution in [-0.4, -0.2) is 35.0 Å². The molecule has 23 heavy (non-hydrogen) atoms. The van der Waals surface area contributed by atoms with Gasteiger partial charge < -0.3 is 20.5 Å². The fourth-order valence-corrected chi connectivity index (χ4v) is 1.89. The topological polar surface area (TPSA) is 75.8 Å². The van der Waals surface area contributed by atoms with E-state index in [0.29, 0.717) is 18.4 Å². The first-order valence-electron chi connectivity index (χ1n) is 6.98. The molecule has 0 aliphatic heterocycles. The van der Waals surface area contributed by atoms with E-state index in [-0.39, 0.29) is 12.1 Å². The summed E-state index contributed by atoms with van der Waals surface area (Å²) in [5.74, 6) is -0.391. The molecular formula is C15H21F3N2O3. The molecule has 0 spiro atoms. The summed E-state index contributed by atoms with van der Waals surface area (Å²) < 4.78 is 41.7. The Bertz CT molecular complexity index is 554. The van der Waals surface area contributed by atoms with Crippen molar-refractivity contribution in [1.82, 2.24) is 4.90 Å². The van der Waals surface area contributed by atoms with E-state index in [0.717, 1.165) is 4.90 Å². The number of nitrogens with two attached hydrogens (primary N) is 1. The lowest BCUT2D eigenvalue weighted by Gasteiger charge is -2.20. The average Bonchev–Trinajstić information content (AvgIpc) is 2.36. The summed E-state index contributed by atoms with van der Waals surface area (Å²) in [6.45, 7) is 3.45. The van der Waals surface area contributed by atoms with Gasteiger partial charge >= 0.3 is 12.5 Å². The lowest BCUT2D eigenvalue weighted by Crippen LogP contribution is -2.32. The Morgan fingerprint density at radius 3 is 2.43 bits per heavy atom. The number of benzene rings is 1. The van der Waals surface area contributed by atoms with E-state index >= 15 is 0 Å². The summed E-state index contributed by atoms with van der Waals surface area (Å²) in [5.41, 5.74) is 6.22. The van der Waals surface area contributed by atoms with Gasteiger partial charge in [0.1, 0.15) is 5.75 Å². The predicted molar refractivity (Wildman–Crippen MR) is 79.2 cm³/mol. The maximum atomic E-state index is 12.6. The van der Waals surface area contributed by atoms with Gasteiger partial charge in [0.15, 0.2) is 0 Å². The first-order valence-corrected chi connectivity index (χ1v) is 6.98. The number of halogens is 3. The van der Waals surface area contributed by atoms with Crippen molar-refractivity contribution in [3.63, 3.8) is 0 Å². The van der Waals surface area contributed by atoms with Crippen LogP contribution in [-0.2, 0) is 13.0 Å². The Balaban J connectivity index is 3.03. The van der Waals surface area contributed by atoms with Crippen molar-refractivity contribution in [2.24, 2.45) is 5.73 Å². The van der Waals surface area contributed by atoms with Crippen molar-refractivity contribution in [3.8, 4) is 5.75 Å². The second-order valence-electron chi connectivity index (χ2n) is 6.12. The van der Waals surface area contributed by atoms with Crippen LogP contribution in [0.5, 0.6) is 5.75 Å². The van der Waals surface area contributed by atoms with E-state index < -0.39 is 23.7 Å². The summed E-state index contributed by atoms with van der Waals surface area (Å²) in [4.78, 5) is 11.7. The summed E-state index contributed by atoms with van der Waals surface area (Å²) >= 11 is 0. The highest BCUT2D eigenvalue weighted by Crippen LogP contribution is 2.29. The van der Waals surface area contributed by atoms with Crippen LogP contribution < -0.4 is 10.5 Å². The lowest BCUT2D eigenvalue weighted by atomic mass is 9.96. The van der Waals surface area contributed by atoms with Crippen molar-refractivity contribution < 1.29 is 27.8 Å². The summed E-state index contributed by atoms with van der Waals surface area (Å²) in [5, 5.41) is 8.84. The van der Waals surface area contributed by atoms with Crippen LogP contribution in [0.15, 0.2) is 18.2 Å². The Labute approximate surface area is 132 Å². The van der Waals surface area contributed by atoms with Gasteiger partial charge in [-0.1, -0.05) is 12.1 Å². The molecular weight excluding hydrogens is 313 g/mol. The monoisotopic (exact) mass is 334 g/mol. The normalized spacial score (nSPS) is 12.1. The van der Waals surface area contributed by atoms with Crippen LogP contribution in [0, 0.1) is 0 Å². The van der Waals surface area contributed by atoms with Crippen molar-refractivity contribution >= 4 is 6.09 Å². The first-order chi connectivity index (χ1) is 10.4. The Hall–Kier alpha value is -1.96. The molecule has 8 heteroatoms. The van der Waals surface area contributed by atoms with E-state index in [9.17, 15) is 18.0 Å². The third-order valence-electron chi connectivity index (χ3n) is 3.15. The highest BCUT2D eigenvalue weighted by molar-refractivity contribution is 5.64. The van der Waals surface area contributed by atoms with Crippen LogP contribution in [0.1, 0.15) is 31.4 Å². The zero-order valence-electron chi connectivity index (χ0n) is 13.3. The molecule has 0 unspecified atom stereocenters. The molecule has 0 bridgehead atoms. The minimum atomic E-state index is -4.84. The highest BCUT2D eigenvalue weighted by atomic mass is 19.4. The van der Waals surface area contributed by atoms with Crippen molar-refractivity contribution in [2.75, 3.05) is 7.05 Å². The minimum Gasteiger partial charge on any atom is -0.465 e. The quantitative estimate of drug-likeness (QED) is 0.836. The van der Waals surface area contributed by atoms with E-state index in [1.165, 1.54) is 19.2 Å². The Morgan fingerprint density at radius 2 is 1.96 bits per heavy atom. The molecule has 0 heterocycles. The number of rotatable bonds is 6. The van der Waals surface area contributed by atoms with Gasteiger partial charge in [-0.25, -0.2) is 4.79 Å². The molecule has 3 N–H and O–H groups in total. The van der Waals surface area contributed by atoms with Crippen LogP contribution in [0.2, 0.25) is 0 Å². The Morgan fingerprint density at radius 1 is 1.35 bits per heavy atom. The highest BCUT2D eigenvalue weighted by Gasteiger charge is 2.32. The van der Waals surface area contributed by atoms with E-state index in [1.54, 1.807) is 6.07 Å². The van der Waals surface area contributed by atoms with Crippen molar-refractivity contribution in [3.05, 3.63) is 29.3 Å². The zero-order valence-corrected chi connectivity index (χ0v) is 13.3. The molecule has 0 aromatic heterocycles. The van der Waals surface area contributed by atoms with Crippen LogP contribution >= 0.6 is 0 Å². The number of nitrogens with zero attached hydrogens (tertiary/aromatic N) is 1. The molecule has 0 saturated carbocycles. The van der Waals surface area contributed by atoms with Crippen molar-refractivity contribution in [1.29, 1.82) is 0 Å². The first kappa shape index (κ1) is 19.1. The van der Waals surface area contributed by atoms with Gasteiger partial charge in [-0.05, 0) is 38.3 Å². The fourth-order valence-electron chi connectivity index (χ4n) is 1.89. The molecule has 0 radical (unpaired) electrons. The summed E-state index contributed by atoms with van der Waals surface area (Å²) in [6.07, 6.45) is -5.00. The molecule has 5 nitrogen and oxygen atoms in total. The van der Waals surface area contributed by atoms with Gasteiger partial charge in [0.05, 0.1) is 6.54 Å². The number of ether oxygens (including phenoxy) is 1. The number of amides is 1. The predicted octanol–water partition coefficient (Wildman–Crippen LogP) is 3.36. The molecule has 1 amide bonds. The second kappa shape index (κ2) is 7.08. The molecule has 1 rings (SSSR count). The number of alkyl halides is 3. The lowest BCUT2D eigenvalue weighted by molar-refractivity contribution is -0.275. The molecule has 0 aliphatic rings. The Kier molecular flexibility index (Phi) is 5.87. The minimum absolute atomic E-state index is 0.142. The summed E-state index contributed by atoms with van der Waals surface area (Å²) in [6, 6.07) is 4.38. The molecule has 0 fully saturated rings. The zero-order chi connectivity index (χ0) is 17.8. The van der Waals surface area contributed by atoms with Gasteiger partial charge in [0, 0.05) is 18.2 Å².